The van der Waals surface area contributed by atoms with Crippen molar-refractivity contribution in [2.75, 3.05) is 6.26 Å². The Morgan fingerprint density at radius 1 is 1.85 bits per heavy atom. The molecule has 1 aromatic heterocycles. The smallest absolute Gasteiger partial charge is 0.221 e. The van der Waals surface area contributed by atoms with E-state index in [1.807, 2.05) is 0 Å². The number of nitrogens with zero attached hydrogens (tertiary/aromatic N) is 3. The third-order valence-corrected chi connectivity index (χ3v) is 2.71. The summed E-state index contributed by atoms with van der Waals surface area (Å²) in [5.74, 6) is 0. The Labute approximate surface area is 88.0 Å². The number of aromatic nitrogens is 3. The lowest BCUT2D eigenvalue weighted by Crippen LogP contribution is -2.04. The molecule has 0 aliphatic rings. The summed E-state index contributed by atoms with van der Waals surface area (Å²) in [6.45, 7) is 0.340. The molecular formula is C6H7Cl2N3OS. The monoisotopic (exact) mass is 239 g/mol. The van der Waals surface area contributed by atoms with Crippen LogP contribution in [0.2, 0.25) is 0 Å². The summed E-state index contributed by atoms with van der Waals surface area (Å²) < 4.78 is 12.7. The molecule has 7 heteroatoms. The SMILES string of the molecule is CS(=O)c1nncn1C/C(Cl)=C/Cl. The van der Waals surface area contributed by atoms with Gasteiger partial charge in [-0.3, -0.25) is 4.21 Å². The molecule has 0 bridgehead atoms. The van der Waals surface area contributed by atoms with Gasteiger partial charge in [0.2, 0.25) is 5.16 Å². The number of hydrogen-bond donors (Lipinski definition) is 0. The van der Waals surface area contributed by atoms with Gasteiger partial charge in [-0.15, -0.1) is 10.2 Å². The molecule has 0 saturated carbocycles. The van der Waals surface area contributed by atoms with Gasteiger partial charge in [0.1, 0.15) is 6.33 Å². The Balaban J connectivity index is 2.89. The fourth-order valence-electron chi connectivity index (χ4n) is 0.773. The molecule has 0 radical (unpaired) electrons. The molecule has 4 nitrogen and oxygen atoms in total. The molecular weight excluding hydrogens is 233 g/mol. The standard InChI is InChI=1S/C6H7Cl2N3OS/c1-13(12)6-10-9-4-11(6)3-5(8)2-7/h2,4H,3H2,1H3/b5-2-. The van der Waals surface area contributed by atoms with E-state index >= 15 is 0 Å². The minimum atomic E-state index is -1.17. The Kier molecular flexibility index (Phi) is 3.90. The van der Waals surface area contributed by atoms with Gasteiger partial charge in [0.15, 0.2) is 0 Å². The summed E-state index contributed by atoms with van der Waals surface area (Å²) >= 11 is 11.1. The van der Waals surface area contributed by atoms with E-state index in [9.17, 15) is 4.21 Å². The predicted molar refractivity (Wildman–Crippen MR) is 52.1 cm³/mol. The number of halogens is 2. The van der Waals surface area contributed by atoms with Crippen LogP contribution < -0.4 is 0 Å². The van der Waals surface area contributed by atoms with Crippen molar-refractivity contribution < 1.29 is 4.21 Å². The lowest BCUT2D eigenvalue weighted by Gasteiger charge is -2.01. The molecule has 13 heavy (non-hydrogen) atoms. The van der Waals surface area contributed by atoms with Crippen LogP contribution in [0.25, 0.3) is 0 Å². The predicted octanol–water partition coefficient (Wildman–Crippen LogP) is 1.33. The summed E-state index contributed by atoms with van der Waals surface area (Å²) in [6.07, 6.45) is 2.98. The van der Waals surface area contributed by atoms with Crippen LogP contribution >= 0.6 is 23.2 Å². The quantitative estimate of drug-likeness (QED) is 0.800. The van der Waals surface area contributed by atoms with E-state index in [0.717, 1.165) is 0 Å². The molecule has 0 saturated heterocycles. The lowest BCUT2D eigenvalue weighted by atomic mass is 10.6. The van der Waals surface area contributed by atoms with Crippen molar-refractivity contribution in [2.24, 2.45) is 0 Å². The second-order valence-electron chi connectivity index (χ2n) is 2.25. The Morgan fingerprint density at radius 2 is 2.54 bits per heavy atom. The van der Waals surface area contributed by atoms with Crippen LogP contribution in [0.5, 0.6) is 0 Å². The van der Waals surface area contributed by atoms with Crippen molar-refractivity contribution in [3.05, 3.63) is 16.9 Å². The van der Waals surface area contributed by atoms with Gasteiger partial charge >= 0.3 is 0 Å². The first-order chi connectivity index (χ1) is 6.15. The van der Waals surface area contributed by atoms with Gasteiger partial charge in [0.05, 0.1) is 17.3 Å². The van der Waals surface area contributed by atoms with Crippen LogP contribution in [-0.4, -0.2) is 25.2 Å². The lowest BCUT2D eigenvalue weighted by molar-refractivity contribution is 0.656. The Morgan fingerprint density at radius 3 is 3.08 bits per heavy atom. The van der Waals surface area contributed by atoms with Crippen LogP contribution in [0.4, 0.5) is 0 Å². The van der Waals surface area contributed by atoms with Gasteiger partial charge in [0.25, 0.3) is 0 Å². The van der Waals surface area contributed by atoms with Gasteiger partial charge in [-0.05, 0) is 0 Å². The van der Waals surface area contributed by atoms with Gasteiger partial charge in [-0.2, -0.15) is 0 Å². The van der Waals surface area contributed by atoms with Gasteiger partial charge < -0.3 is 4.57 Å². The minimum Gasteiger partial charge on any atom is -0.301 e. The van der Waals surface area contributed by atoms with E-state index < -0.39 is 10.8 Å². The van der Waals surface area contributed by atoms with E-state index in [-0.39, 0.29) is 0 Å². The summed E-state index contributed by atoms with van der Waals surface area (Å²) in [5, 5.41) is 8.13. The molecule has 1 aromatic rings. The van der Waals surface area contributed by atoms with E-state index in [1.54, 1.807) is 4.57 Å². The molecule has 0 amide bonds. The highest BCUT2D eigenvalue weighted by atomic mass is 35.5. The zero-order valence-electron chi connectivity index (χ0n) is 6.78. The average Bonchev–Trinajstić information content (AvgIpc) is 2.52. The molecule has 0 N–H and O–H groups in total. The van der Waals surface area contributed by atoms with Gasteiger partial charge in [0, 0.05) is 16.8 Å². The average molecular weight is 240 g/mol. The molecule has 0 aliphatic heterocycles. The normalized spacial score (nSPS) is 14.5. The highest BCUT2D eigenvalue weighted by molar-refractivity contribution is 7.84. The first kappa shape index (κ1) is 10.7. The molecule has 0 aromatic carbocycles. The van der Waals surface area contributed by atoms with Crippen molar-refractivity contribution in [3.63, 3.8) is 0 Å². The summed E-state index contributed by atoms with van der Waals surface area (Å²) in [6, 6.07) is 0. The van der Waals surface area contributed by atoms with Crippen molar-refractivity contribution >= 4 is 34.0 Å². The van der Waals surface area contributed by atoms with Crippen LogP contribution in [0, 0.1) is 0 Å². The highest BCUT2D eigenvalue weighted by Crippen LogP contribution is 2.09. The maximum absolute atomic E-state index is 11.1. The van der Waals surface area contributed by atoms with Crippen LogP contribution in [0.3, 0.4) is 0 Å². The summed E-state index contributed by atoms with van der Waals surface area (Å²) in [5.41, 5.74) is 1.25. The fourth-order valence-corrected chi connectivity index (χ4v) is 1.57. The van der Waals surface area contributed by atoms with Crippen molar-refractivity contribution in [1.29, 1.82) is 0 Å². The van der Waals surface area contributed by atoms with Crippen LogP contribution in [-0.2, 0) is 17.3 Å². The largest absolute Gasteiger partial charge is 0.301 e. The third-order valence-electron chi connectivity index (χ3n) is 1.28. The first-order valence-corrected chi connectivity index (χ1v) is 5.68. The molecule has 1 heterocycles. The maximum Gasteiger partial charge on any atom is 0.221 e. The zero-order chi connectivity index (χ0) is 9.84. The molecule has 1 rings (SSSR count). The summed E-state index contributed by atoms with van der Waals surface area (Å²) in [7, 11) is -1.17. The minimum absolute atomic E-state index is 0.340. The number of hydrogen-bond acceptors (Lipinski definition) is 3. The summed E-state index contributed by atoms with van der Waals surface area (Å²) in [4.78, 5) is 0. The third kappa shape index (κ3) is 2.79. The number of rotatable bonds is 3. The first-order valence-electron chi connectivity index (χ1n) is 3.31. The van der Waals surface area contributed by atoms with E-state index in [2.05, 4.69) is 10.2 Å². The number of allylic oxidation sites excluding steroid dienone is 1. The second-order valence-corrected chi connectivity index (χ2v) is 4.23. The van der Waals surface area contributed by atoms with Crippen molar-refractivity contribution in [3.8, 4) is 0 Å². The van der Waals surface area contributed by atoms with E-state index in [4.69, 9.17) is 23.2 Å². The van der Waals surface area contributed by atoms with E-state index in [1.165, 1.54) is 18.1 Å². The second kappa shape index (κ2) is 4.74. The zero-order valence-corrected chi connectivity index (χ0v) is 9.10. The Bertz CT molecular complexity index is 349. The molecule has 72 valence electrons. The Hall–Kier alpha value is -0.390. The molecule has 1 atom stereocenters. The highest BCUT2D eigenvalue weighted by Gasteiger charge is 2.07. The molecule has 0 spiro atoms. The fraction of sp³-hybridized carbons (Fsp3) is 0.333. The van der Waals surface area contributed by atoms with Crippen molar-refractivity contribution in [1.82, 2.24) is 14.8 Å². The van der Waals surface area contributed by atoms with Crippen LogP contribution in [0.15, 0.2) is 22.1 Å². The topological polar surface area (TPSA) is 47.8 Å². The maximum atomic E-state index is 11.1. The van der Waals surface area contributed by atoms with Gasteiger partial charge in [-0.25, -0.2) is 0 Å². The molecule has 1 unspecified atom stereocenters. The van der Waals surface area contributed by atoms with Crippen molar-refractivity contribution in [2.45, 2.75) is 11.7 Å². The molecule has 0 aliphatic carbocycles. The molecule has 0 fully saturated rings. The van der Waals surface area contributed by atoms with Gasteiger partial charge in [-0.1, -0.05) is 23.2 Å². The van der Waals surface area contributed by atoms with Crippen LogP contribution in [0.1, 0.15) is 0 Å². The van der Waals surface area contributed by atoms with E-state index in [0.29, 0.717) is 16.7 Å².